The smallest absolute Gasteiger partial charge is 0.219 e. The largest absolute Gasteiger partial charge is 0.439 e. The van der Waals surface area contributed by atoms with E-state index in [1.807, 2.05) is 0 Å². The second-order valence-electron chi connectivity index (χ2n) is 4.01. The Kier molecular flexibility index (Phi) is 3.92. The van der Waals surface area contributed by atoms with Gasteiger partial charge in [0, 0.05) is 12.3 Å². The van der Waals surface area contributed by atoms with Gasteiger partial charge in [0.1, 0.15) is 5.75 Å². The van der Waals surface area contributed by atoms with Crippen molar-refractivity contribution in [1.29, 1.82) is 0 Å². The van der Waals surface area contributed by atoms with Crippen LogP contribution in [0.15, 0.2) is 42.6 Å². The van der Waals surface area contributed by atoms with Crippen molar-refractivity contribution in [2.75, 3.05) is 0 Å². The van der Waals surface area contributed by atoms with E-state index in [0.717, 1.165) is 11.1 Å². The molecule has 1 unspecified atom stereocenters. The lowest BCUT2D eigenvalue weighted by atomic mass is 10.2. The molecule has 0 aliphatic rings. The zero-order valence-electron chi connectivity index (χ0n) is 10.1. The number of pyridine rings is 1. The van der Waals surface area contributed by atoms with E-state index in [1.54, 1.807) is 49.5 Å². The number of hydrogen-bond donors (Lipinski definition) is 2. The first-order valence-corrected chi connectivity index (χ1v) is 5.70. The van der Waals surface area contributed by atoms with Crippen molar-refractivity contribution in [1.82, 2.24) is 4.98 Å². The molecule has 0 aliphatic heterocycles. The van der Waals surface area contributed by atoms with E-state index in [9.17, 15) is 5.11 Å². The molecule has 0 aliphatic carbocycles. The average molecular weight is 245 g/mol. The van der Waals surface area contributed by atoms with Crippen molar-refractivity contribution in [3.05, 3.63) is 53.7 Å². The average Bonchev–Trinajstić information content (AvgIpc) is 2.40. The maximum atomic E-state index is 9.36. The predicted molar refractivity (Wildman–Crippen MR) is 67.3 cm³/mol. The first-order valence-electron chi connectivity index (χ1n) is 5.70. The van der Waals surface area contributed by atoms with Crippen molar-refractivity contribution < 1.29 is 14.9 Å². The number of ether oxygens (including phenoxy) is 1. The Morgan fingerprint density at radius 1 is 1.17 bits per heavy atom. The molecular weight excluding hydrogens is 230 g/mol. The summed E-state index contributed by atoms with van der Waals surface area (Å²) in [6.45, 7) is 1.70. The molecule has 2 N–H and O–H groups in total. The van der Waals surface area contributed by atoms with Gasteiger partial charge in [-0.05, 0) is 36.2 Å². The SMILES string of the molecule is CC(O)c1ccc(Oc2ccc(CO)cc2)nc1. The highest BCUT2D eigenvalue weighted by atomic mass is 16.5. The Bertz CT molecular complexity index is 491. The second kappa shape index (κ2) is 5.62. The fourth-order valence-corrected chi connectivity index (χ4v) is 1.48. The van der Waals surface area contributed by atoms with Crippen molar-refractivity contribution in [2.45, 2.75) is 19.6 Å². The van der Waals surface area contributed by atoms with E-state index in [1.165, 1.54) is 0 Å². The third-order valence-electron chi connectivity index (χ3n) is 2.57. The van der Waals surface area contributed by atoms with Crippen LogP contribution in [0.4, 0.5) is 0 Å². The van der Waals surface area contributed by atoms with Crippen LogP contribution in [0.5, 0.6) is 11.6 Å². The van der Waals surface area contributed by atoms with Crippen molar-refractivity contribution in [3.8, 4) is 11.6 Å². The molecule has 1 heterocycles. The molecule has 0 fully saturated rings. The normalized spacial score (nSPS) is 12.2. The summed E-state index contributed by atoms with van der Waals surface area (Å²) in [5.74, 6) is 1.13. The molecule has 0 spiro atoms. The zero-order valence-corrected chi connectivity index (χ0v) is 10.1. The fraction of sp³-hybridized carbons (Fsp3) is 0.214. The fourth-order valence-electron chi connectivity index (χ4n) is 1.48. The van der Waals surface area contributed by atoms with Crippen molar-refractivity contribution in [2.24, 2.45) is 0 Å². The summed E-state index contributed by atoms with van der Waals surface area (Å²) < 4.78 is 5.54. The molecule has 94 valence electrons. The highest BCUT2D eigenvalue weighted by Gasteiger charge is 2.03. The van der Waals surface area contributed by atoms with E-state index in [0.29, 0.717) is 11.6 Å². The van der Waals surface area contributed by atoms with Crippen LogP contribution in [0.2, 0.25) is 0 Å². The van der Waals surface area contributed by atoms with Gasteiger partial charge in [0.2, 0.25) is 5.88 Å². The van der Waals surface area contributed by atoms with Gasteiger partial charge in [-0.25, -0.2) is 4.98 Å². The van der Waals surface area contributed by atoms with E-state index in [4.69, 9.17) is 9.84 Å². The minimum atomic E-state index is -0.532. The minimum Gasteiger partial charge on any atom is -0.439 e. The van der Waals surface area contributed by atoms with Gasteiger partial charge in [0.05, 0.1) is 12.7 Å². The monoisotopic (exact) mass is 245 g/mol. The van der Waals surface area contributed by atoms with E-state index < -0.39 is 6.10 Å². The number of rotatable bonds is 4. The number of aliphatic hydroxyl groups excluding tert-OH is 2. The van der Waals surface area contributed by atoms with Crippen LogP contribution in [0.3, 0.4) is 0 Å². The van der Waals surface area contributed by atoms with Gasteiger partial charge in [-0.15, -0.1) is 0 Å². The number of hydrogen-bond acceptors (Lipinski definition) is 4. The molecule has 4 nitrogen and oxygen atoms in total. The van der Waals surface area contributed by atoms with Crippen LogP contribution >= 0.6 is 0 Å². The predicted octanol–water partition coefficient (Wildman–Crippen LogP) is 2.42. The summed E-state index contributed by atoms with van der Waals surface area (Å²) >= 11 is 0. The topological polar surface area (TPSA) is 62.6 Å². The molecule has 1 aromatic heterocycles. The molecule has 0 amide bonds. The first kappa shape index (κ1) is 12.5. The van der Waals surface area contributed by atoms with Gasteiger partial charge in [0.15, 0.2) is 0 Å². The van der Waals surface area contributed by atoms with Crippen molar-refractivity contribution >= 4 is 0 Å². The van der Waals surface area contributed by atoms with Crippen LogP contribution in [-0.2, 0) is 6.61 Å². The summed E-state index contributed by atoms with van der Waals surface area (Å²) in [6, 6.07) is 10.6. The van der Waals surface area contributed by atoms with Crippen LogP contribution in [0.25, 0.3) is 0 Å². The van der Waals surface area contributed by atoms with E-state index >= 15 is 0 Å². The highest BCUT2D eigenvalue weighted by molar-refractivity contribution is 5.30. The Morgan fingerprint density at radius 2 is 1.89 bits per heavy atom. The molecule has 4 heteroatoms. The maximum absolute atomic E-state index is 9.36. The number of aliphatic hydroxyl groups is 2. The van der Waals surface area contributed by atoms with E-state index in [2.05, 4.69) is 4.98 Å². The first-order chi connectivity index (χ1) is 8.69. The quantitative estimate of drug-likeness (QED) is 0.868. The molecule has 0 radical (unpaired) electrons. The van der Waals surface area contributed by atoms with Gasteiger partial charge in [-0.1, -0.05) is 12.1 Å². The van der Waals surface area contributed by atoms with Crippen LogP contribution in [0, 0.1) is 0 Å². The maximum Gasteiger partial charge on any atom is 0.219 e. The van der Waals surface area contributed by atoms with Gasteiger partial charge >= 0.3 is 0 Å². The summed E-state index contributed by atoms with van der Waals surface area (Å²) in [6.07, 6.45) is 1.05. The molecule has 0 saturated carbocycles. The Balaban J connectivity index is 2.08. The number of benzene rings is 1. The number of aromatic nitrogens is 1. The molecule has 1 atom stereocenters. The Morgan fingerprint density at radius 3 is 2.39 bits per heavy atom. The lowest BCUT2D eigenvalue weighted by Gasteiger charge is -2.07. The molecule has 0 bridgehead atoms. The highest BCUT2D eigenvalue weighted by Crippen LogP contribution is 2.21. The van der Waals surface area contributed by atoms with Gasteiger partial charge in [-0.3, -0.25) is 0 Å². The van der Waals surface area contributed by atoms with Gasteiger partial charge < -0.3 is 14.9 Å². The Labute approximate surface area is 106 Å². The van der Waals surface area contributed by atoms with Crippen LogP contribution in [0.1, 0.15) is 24.2 Å². The van der Waals surface area contributed by atoms with Gasteiger partial charge in [0.25, 0.3) is 0 Å². The van der Waals surface area contributed by atoms with Crippen LogP contribution in [-0.4, -0.2) is 15.2 Å². The second-order valence-corrected chi connectivity index (χ2v) is 4.01. The lowest BCUT2D eigenvalue weighted by molar-refractivity contribution is 0.198. The summed E-state index contributed by atoms with van der Waals surface area (Å²) in [7, 11) is 0. The molecular formula is C14H15NO3. The van der Waals surface area contributed by atoms with Gasteiger partial charge in [-0.2, -0.15) is 0 Å². The molecule has 1 aromatic carbocycles. The molecule has 0 saturated heterocycles. The summed E-state index contributed by atoms with van der Waals surface area (Å²) in [5.41, 5.74) is 1.58. The summed E-state index contributed by atoms with van der Waals surface area (Å²) in [5, 5.41) is 18.3. The minimum absolute atomic E-state index is 0.0155. The lowest BCUT2D eigenvalue weighted by Crippen LogP contribution is -1.93. The molecule has 2 rings (SSSR count). The standard InChI is InChI=1S/C14H15NO3/c1-10(17)12-4-7-14(15-8-12)18-13-5-2-11(9-16)3-6-13/h2-8,10,16-17H,9H2,1H3. The third kappa shape index (κ3) is 3.06. The van der Waals surface area contributed by atoms with Crippen LogP contribution < -0.4 is 4.74 Å². The molecule has 18 heavy (non-hydrogen) atoms. The van der Waals surface area contributed by atoms with E-state index in [-0.39, 0.29) is 6.61 Å². The zero-order chi connectivity index (χ0) is 13.0. The number of nitrogens with zero attached hydrogens (tertiary/aromatic N) is 1. The third-order valence-corrected chi connectivity index (χ3v) is 2.57. The summed E-state index contributed by atoms with van der Waals surface area (Å²) in [4.78, 5) is 4.11. The molecule has 2 aromatic rings. The Hall–Kier alpha value is -1.91. The van der Waals surface area contributed by atoms with Crippen molar-refractivity contribution in [3.63, 3.8) is 0 Å².